The van der Waals surface area contributed by atoms with Gasteiger partial charge in [0.15, 0.2) is 9.04 Å². The van der Waals surface area contributed by atoms with Crippen molar-refractivity contribution in [2.75, 3.05) is 6.61 Å². The fourth-order valence-electron chi connectivity index (χ4n) is 1.14. The molecule has 0 N–H and O–H groups in total. The molecule has 10 heavy (non-hydrogen) atoms. The zero-order valence-electron chi connectivity index (χ0n) is 6.84. The highest BCUT2D eigenvalue weighted by molar-refractivity contribution is 6.48. The molecule has 0 aromatic rings. The average molecular weight is 156 g/mol. The average Bonchev–Trinajstić information content (AvgIpc) is 2.34. The van der Waals surface area contributed by atoms with Crippen LogP contribution in [0.3, 0.4) is 0 Å². The first-order valence-electron chi connectivity index (χ1n) is 4.05. The van der Waals surface area contributed by atoms with Gasteiger partial charge in [-0.1, -0.05) is 12.2 Å². The molecular weight excluding hydrogens is 140 g/mol. The van der Waals surface area contributed by atoms with Gasteiger partial charge >= 0.3 is 0 Å². The van der Waals surface area contributed by atoms with Crippen LogP contribution < -0.4 is 0 Å². The summed E-state index contributed by atoms with van der Waals surface area (Å²) in [5, 5.41) is 0. The monoisotopic (exact) mass is 156 g/mol. The quantitative estimate of drug-likeness (QED) is 0.448. The zero-order valence-corrected chi connectivity index (χ0v) is 7.99. The lowest BCUT2D eigenvalue weighted by Crippen LogP contribution is -2.14. The molecule has 1 nitrogen and oxygen atoms in total. The standard InChI is InChI=1S/C8H16OSi/c1-10(2)9-7-8-5-3-4-6-8/h3-4,8,10H,5-7H2,1-2H3. The van der Waals surface area contributed by atoms with Gasteiger partial charge in [0.05, 0.1) is 0 Å². The summed E-state index contributed by atoms with van der Waals surface area (Å²) in [5.41, 5.74) is 0. The predicted octanol–water partition coefficient (Wildman–Crippen LogP) is 1.95. The second kappa shape index (κ2) is 3.94. The van der Waals surface area contributed by atoms with Crippen LogP contribution in [0.4, 0.5) is 0 Å². The summed E-state index contributed by atoms with van der Waals surface area (Å²) >= 11 is 0. The third-order valence-electron chi connectivity index (χ3n) is 1.77. The molecule has 0 unspecified atom stereocenters. The molecule has 0 saturated heterocycles. The van der Waals surface area contributed by atoms with E-state index in [0.717, 1.165) is 12.5 Å². The highest BCUT2D eigenvalue weighted by Crippen LogP contribution is 2.17. The van der Waals surface area contributed by atoms with E-state index in [9.17, 15) is 0 Å². The Morgan fingerprint density at radius 1 is 1.40 bits per heavy atom. The number of hydrogen-bond acceptors (Lipinski definition) is 1. The van der Waals surface area contributed by atoms with Crippen LogP contribution >= 0.6 is 0 Å². The Kier molecular flexibility index (Phi) is 3.16. The molecule has 1 aliphatic carbocycles. The maximum absolute atomic E-state index is 5.62. The molecule has 0 aliphatic heterocycles. The Hall–Kier alpha value is -0.0831. The molecule has 0 aromatic heterocycles. The lowest BCUT2D eigenvalue weighted by Gasteiger charge is -2.11. The predicted molar refractivity (Wildman–Crippen MR) is 46.7 cm³/mol. The maximum Gasteiger partial charge on any atom is 0.170 e. The smallest absolute Gasteiger partial charge is 0.170 e. The van der Waals surface area contributed by atoms with E-state index in [0.29, 0.717) is 0 Å². The summed E-state index contributed by atoms with van der Waals surface area (Å²) in [6, 6.07) is 0. The van der Waals surface area contributed by atoms with Crippen molar-refractivity contribution in [1.82, 2.24) is 0 Å². The van der Waals surface area contributed by atoms with Crippen LogP contribution in [0.25, 0.3) is 0 Å². The van der Waals surface area contributed by atoms with E-state index >= 15 is 0 Å². The van der Waals surface area contributed by atoms with Crippen LogP contribution in [0, 0.1) is 5.92 Å². The lowest BCUT2D eigenvalue weighted by atomic mass is 10.1. The van der Waals surface area contributed by atoms with Gasteiger partial charge in [-0.25, -0.2) is 0 Å². The van der Waals surface area contributed by atoms with Gasteiger partial charge in [-0.3, -0.25) is 0 Å². The van der Waals surface area contributed by atoms with Crippen molar-refractivity contribution in [2.45, 2.75) is 25.9 Å². The molecule has 2 heteroatoms. The summed E-state index contributed by atoms with van der Waals surface area (Å²) in [7, 11) is -0.755. The number of allylic oxidation sites excluding steroid dienone is 2. The van der Waals surface area contributed by atoms with Gasteiger partial charge in [0, 0.05) is 6.61 Å². The molecule has 58 valence electrons. The fourth-order valence-corrected chi connectivity index (χ4v) is 1.80. The van der Waals surface area contributed by atoms with Gasteiger partial charge in [-0.15, -0.1) is 0 Å². The van der Waals surface area contributed by atoms with Crippen molar-refractivity contribution in [3.63, 3.8) is 0 Å². The first-order valence-corrected chi connectivity index (χ1v) is 6.83. The van der Waals surface area contributed by atoms with E-state index in [4.69, 9.17) is 4.43 Å². The van der Waals surface area contributed by atoms with Gasteiger partial charge in [0.25, 0.3) is 0 Å². The van der Waals surface area contributed by atoms with Crippen molar-refractivity contribution in [2.24, 2.45) is 5.92 Å². The molecule has 1 aliphatic rings. The van der Waals surface area contributed by atoms with Gasteiger partial charge in [0.2, 0.25) is 0 Å². The van der Waals surface area contributed by atoms with E-state index in [1.165, 1.54) is 12.8 Å². The van der Waals surface area contributed by atoms with Gasteiger partial charge < -0.3 is 4.43 Å². The van der Waals surface area contributed by atoms with E-state index in [1.54, 1.807) is 0 Å². The molecule has 0 heterocycles. The molecule has 0 fully saturated rings. The van der Waals surface area contributed by atoms with Crippen LogP contribution in [0.2, 0.25) is 13.1 Å². The number of hydrogen-bond donors (Lipinski definition) is 0. The Morgan fingerprint density at radius 3 is 2.50 bits per heavy atom. The molecule has 0 saturated carbocycles. The van der Waals surface area contributed by atoms with Crippen molar-refractivity contribution < 1.29 is 4.43 Å². The van der Waals surface area contributed by atoms with Crippen molar-refractivity contribution in [3.8, 4) is 0 Å². The third kappa shape index (κ3) is 2.67. The second-order valence-corrected chi connectivity index (χ2v) is 5.62. The Balaban J connectivity index is 2.03. The summed E-state index contributed by atoms with van der Waals surface area (Å²) in [5.74, 6) is 0.801. The van der Waals surface area contributed by atoms with Crippen LogP contribution in [0.5, 0.6) is 0 Å². The van der Waals surface area contributed by atoms with Crippen molar-refractivity contribution in [3.05, 3.63) is 12.2 Å². The summed E-state index contributed by atoms with van der Waals surface area (Å²) < 4.78 is 5.62. The molecule has 0 spiro atoms. The fraction of sp³-hybridized carbons (Fsp3) is 0.750. The van der Waals surface area contributed by atoms with Gasteiger partial charge in [-0.05, 0) is 31.9 Å². The first kappa shape index (κ1) is 8.02. The number of rotatable bonds is 3. The zero-order chi connectivity index (χ0) is 7.40. The van der Waals surface area contributed by atoms with Crippen molar-refractivity contribution in [1.29, 1.82) is 0 Å². The third-order valence-corrected chi connectivity index (χ3v) is 2.63. The van der Waals surface area contributed by atoms with Crippen molar-refractivity contribution >= 4 is 9.04 Å². The first-order chi connectivity index (χ1) is 4.79. The van der Waals surface area contributed by atoms with E-state index in [2.05, 4.69) is 25.2 Å². The highest BCUT2D eigenvalue weighted by Gasteiger charge is 2.10. The minimum absolute atomic E-state index is 0.755. The minimum atomic E-state index is -0.755. The molecule has 0 atom stereocenters. The van der Waals surface area contributed by atoms with Gasteiger partial charge in [0.1, 0.15) is 0 Å². The maximum atomic E-state index is 5.62. The highest BCUT2D eigenvalue weighted by atomic mass is 28.3. The minimum Gasteiger partial charge on any atom is -0.420 e. The van der Waals surface area contributed by atoms with Crippen LogP contribution in [-0.2, 0) is 4.43 Å². The SMILES string of the molecule is C[SiH](C)OCC1CC=CC1. The Labute approximate surface area is 64.8 Å². The summed E-state index contributed by atoms with van der Waals surface area (Å²) in [6.45, 7) is 5.45. The Morgan fingerprint density at radius 2 is 2.00 bits per heavy atom. The normalized spacial score (nSPS) is 19.1. The molecule has 1 rings (SSSR count). The van der Waals surface area contributed by atoms with Crippen LogP contribution in [0.1, 0.15) is 12.8 Å². The molecule has 0 amide bonds. The largest absolute Gasteiger partial charge is 0.420 e. The summed E-state index contributed by atoms with van der Waals surface area (Å²) in [4.78, 5) is 0. The second-order valence-electron chi connectivity index (χ2n) is 3.19. The van der Waals surface area contributed by atoms with E-state index < -0.39 is 9.04 Å². The van der Waals surface area contributed by atoms with Crippen LogP contribution in [0.15, 0.2) is 12.2 Å². The van der Waals surface area contributed by atoms with Crippen LogP contribution in [-0.4, -0.2) is 15.6 Å². The van der Waals surface area contributed by atoms with E-state index in [1.807, 2.05) is 0 Å². The van der Waals surface area contributed by atoms with E-state index in [-0.39, 0.29) is 0 Å². The molecule has 0 radical (unpaired) electrons. The van der Waals surface area contributed by atoms with Gasteiger partial charge in [-0.2, -0.15) is 0 Å². The lowest BCUT2D eigenvalue weighted by molar-refractivity contribution is 0.261. The summed E-state index contributed by atoms with van der Waals surface area (Å²) in [6.07, 6.45) is 6.99. The topological polar surface area (TPSA) is 9.23 Å². The Bertz CT molecular complexity index is 112. The molecule has 0 bridgehead atoms. The molecular formula is C8H16OSi. The molecule has 0 aromatic carbocycles.